The number of halogens is 2. The number of ether oxygens (including phenoxy) is 1. The van der Waals surface area contributed by atoms with E-state index >= 15 is 0 Å². The molecule has 1 heterocycles. The Morgan fingerprint density at radius 3 is 2.39 bits per heavy atom. The van der Waals surface area contributed by atoms with Gasteiger partial charge < -0.3 is 14.6 Å². The zero-order chi connectivity index (χ0) is 17.0. The summed E-state index contributed by atoms with van der Waals surface area (Å²) in [4.78, 5) is 0. The lowest BCUT2D eigenvalue weighted by Crippen LogP contribution is -2.17. The van der Waals surface area contributed by atoms with Gasteiger partial charge in [0, 0.05) is 12.6 Å². The number of hydrogen-bond donors (Lipinski definition) is 1. The van der Waals surface area contributed by atoms with Crippen LogP contribution >= 0.6 is 0 Å². The Morgan fingerprint density at radius 1 is 1.17 bits per heavy atom. The van der Waals surface area contributed by atoms with Gasteiger partial charge in [0.1, 0.15) is 17.9 Å². The van der Waals surface area contributed by atoms with Crippen LogP contribution < -0.4 is 10.1 Å². The third kappa shape index (κ3) is 4.48. The first-order valence-electron chi connectivity index (χ1n) is 7.52. The van der Waals surface area contributed by atoms with Crippen LogP contribution in [0.5, 0.6) is 5.75 Å². The standard InChI is InChI=1S/C16H22F2N4O/c1-10(2)22-9-20-21-14(22)8-19-7-13-5-11(3)15(12(4)6-13)23-16(17)18/h5-6,9-10,16,19H,7-8H2,1-4H3. The quantitative estimate of drug-likeness (QED) is 0.848. The molecule has 0 bridgehead atoms. The Kier molecular flexibility index (Phi) is 5.65. The fraction of sp³-hybridized carbons (Fsp3) is 0.500. The van der Waals surface area contributed by atoms with Crippen LogP contribution in [-0.2, 0) is 13.1 Å². The molecule has 0 saturated carbocycles. The van der Waals surface area contributed by atoms with Crippen LogP contribution in [0.2, 0.25) is 0 Å². The van der Waals surface area contributed by atoms with Crippen molar-refractivity contribution in [2.24, 2.45) is 0 Å². The highest BCUT2D eigenvalue weighted by atomic mass is 19.3. The molecule has 0 saturated heterocycles. The van der Waals surface area contributed by atoms with Crippen LogP contribution in [0.1, 0.15) is 42.4 Å². The van der Waals surface area contributed by atoms with Crippen molar-refractivity contribution in [2.75, 3.05) is 0 Å². The average Bonchev–Trinajstić information content (AvgIpc) is 2.91. The van der Waals surface area contributed by atoms with Crippen LogP contribution in [0.25, 0.3) is 0 Å². The normalized spacial score (nSPS) is 11.5. The van der Waals surface area contributed by atoms with E-state index in [9.17, 15) is 8.78 Å². The van der Waals surface area contributed by atoms with E-state index in [2.05, 4.69) is 34.1 Å². The predicted molar refractivity (Wildman–Crippen MR) is 83.5 cm³/mol. The van der Waals surface area contributed by atoms with Crippen LogP contribution in [-0.4, -0.2) is 21.4 Å². The number of hydrogen-bond acceptors (Lipinski definition) is 4. The molecular formula is C16H22F2N4O. The van der Waals surface area contributed by atoms with Crippen LogP contribution in [0, 0.1) is 13.8 Å². The molecular weight excluding hydrogens is 302 g/mol. The molecule has 2 aromatic rings. The van der Waals surface area contributed by atoms with E-state index in [1.807, 2.05) is 16.7 Å². The summed E-state index contributed by atoms with van der Waals surface area (Å²) in [5.41, 5.74) is 2.41. The summed E-state index contributed by atoms with van der Waals surface area (Å²) in [6, 6.07) is 4.01. The van der Waals surface area contributed by atoms with E-state index in [-0.39, 0.29) is 5.75 Å². The molecule has 2 rings (SSSR count). The lowest BCUT2D eigenvalue weighted by atomic mass is 10.1. The van der Waals surface area contributed by atoms with Crippen molar-refractivity contribution in [2.45, 2.75) is 53.4 Å². The third-order valence-electron chi connectivity index (χ3n) is 3.54. The smallest absolute Gasteiger partial charge is 0.387 e. The number of nitrogens with zero attached hydrogens (tertiary/aromatic N) is 3. The van der Waals surface area contributed by atoms with Crippen molar-refractivity contribution in [1.82, 2.24) is 20.1 Å². The Morgan fingerprint density at radius 2 is 1.83 bits per heavy atom. The van der Waals surface area contributed by atoms with Crippen molar-refractivity contribution in [3.05, 3.63) is 41.0 Å². The number of benzene rings is 1. The SMILES string of the molecule is Cc1cc(CNCc2nncn2C(C)C)cc(C)c1OC(F)F. The first kappa shape index (κ1) is 17.3. The number of rotatable bonds is 7. The first-order valence-corrected chi connectivity index (χ1v) is 7.52. The second-order valence-electron chi connectivity index (χ2n) is 5.79. The average molecular weight is 324 g/mol. The minimum Gasteiger partial charge on any atom is -0.434 e. The molecule has 0 amide bonds. The van der Waals surface area contributed by atoms with Gasteiger partial charge in [-0.3, -0.25) is 0 Å². The van der Waals surface area contributed by atoms with Crippen LogP contribution in [0.15, 0.2) is 18.5 Å². The second-order valence-corrected chi connectivity index (χ2v) is 5.79. The molecule has 0 aliphatic carbocycles. The number of nitrogens with one attached hydrogen (secondary N) is 1. The number of aromatic nitrogens is 3. The van der Waals surface area contributed by atoms with Gasteiger partial charge in [0.25, 0.3) is 0 Å². The van der Waals surface area contributed by atoms with Gasteiger partial charge in [-0.2, -0.15) is 8.78 Å². The van der Waals surface area contributed by atoms with E-state index < -0.39 is 6.61 Å². The highest BCUT2D eigenvalue weighted by Crippen LogP contribution is 2.26. The summed E-state index contributed by atoms with van der Waals surface area (Å²) in [5, 5.41) is 11.3. The van der Waals surface area contributed by atoms with Gasteiger partial charge in [-0.15, -0.1) is 10.2 Å². The van der Waals surface area contributed by atoms with Crippen LogP contribution in [0.3, 0.4) is 0 Å². The summed E-state index contributed by atoms with van der Waals surface area (Å²) in [5.74, 6) is 1.12. The Balaban J connectivity index is 2.00. The topological polar surface area (TPSA) is 52.0 Å². The molecule has 1 aromatic heterocycles. The van der Waals surface area contributed by atoms with E-state index in [1.54, 1.807) is 20.2 Å². The monoisotopic (exact) mass is 324 g/mol. The predicted octanol–water partition coefficient (Wildman–Crippen LogP) is 3.37. The van der Waals surface area contributed by atoms with Gasteiger partial charge in [-0.25, -0.2) is 0 Å². The molecule has 0 spiro atoms. The molecule has 1 N–H and O–H groups in total. The molecule has 0 radical (unpaired) electrons. The van der Waals surface area contributed by atoms with E-state index in [1.165, 1.54) is 0 Å². The maximum atomic E-state index is 12.4. The van der Waals surface area contributed by atoms with Crippen molar-refractivity contribution in [3.8, 4) is 5.75 Å². The van der Waals surface area contributed by atoms with Gasteiger partial charge in [-0.1, -0.05) is 12.1 Å². The molecule has 0 aliphatic rings. The molecule has 1 aromatic carbocycles. The minimum absolute atomic E-state index is 0.253. The molecule has 0 aliphatic heterocycles. The molecule has 126 valence electrons. The van der Waals surface area contributed by atoms with Gasteiger partial charge in [0.2, 0.25) is 0 Å². The zero-order valence-electron chi connectivity index (χ0n) is 13.8. The van der Waals surface area contributed by atoms with E-state index in [0.717, 1.165) is 11.4 Å². The maximum absolute atomic E-state index is 12.4. The maximum Gasteiger partial charge on any atom is 0.387 e. The zero-order valence-corrected chi connectivity index (χ0v) is 13.8. The largest absolute Gasteiger partial charge is 0.434 e. The Bertz CT molecular complexity index is 632. The van der Waals surface area contributed by atoms with Gasteiger partial charge in [0.05, 0.1) is 6.54 Å². The van der Waals surface area contributed by atoms with Gasteiger partial charge in [-0.05, 0) is 44.4 Å². The lowest BCUT2D eigenvalue weighted by Gasteiger charge is -2.14. The van der Waals surface area contributed by atoms with E-state index in [0.29, 0.717) is 30.3 Å². The molecule has 5 nitrogen and oxygen atoms in total. The van der Waals surface area contributed by atoms with E-state index in [4.69, 9.17) is 0 Å². The van der Waals surface area contributed by atoms with Gasteiger partial charge >= 0.3 is 6.61 Å². The fourth-order valence-corrected chi connectivity index (χ4v) is 2.56. The number of alkyl halides is 2. The summed E-state index contributed by atoms with van der Waals surface area (Å²) >= 11 is 0. The fourth-order valence-electron chi connectivity index (χ4n) is 2.56. The molecule has 7 heteroatoms. The summed E-state index contributed by atoms with van der Waals surface area (Å²) in [7, 11) is 0. The summed E-state index contributed by atoms with van der Waals surface area (Å²) in [6.45, 7) is 6.07. The molecule has 0 unspecified atom stereocenters. The van der Waals surface area contributed by atoms with Crippen molar-refractivity contribution < 1.29 is 13.5 Å². The van der Waals surface area contributed by atoms with Gasteiger partial charge in [0.15, 0.2) is 0 Å². The summed E-state index contributed by atoms with van der Waals surface area (Å²) < 4.78 is 31.4. The lowest BCUT2D eigenvalue weighted by molar-refractivity contribution is -0.0507. The molecule has 23 heavy (non-hydrogen) atoms. The third-order valence-corrected chi connectivity index (χ3v) is 3.54. The van der Waals surface area contributed by atoms with Crippen molar-refractivity contribution in [1.29, 1.82) is 0 Å². The Labute approximate surface area is 134 Å². The molecule has 0 atom stereocenters. The van der Waals surface area contributed by atoms with Crippen molar-refractivity contribution in [3.63, 3.8) is 0 Å². The highest BCUT2D eigenvalue weighted by Gasteiger charge is 2.12. The second kappa shape index (κ2) is 7.50. The minimum atomic E-state index is -2.81. The Hall–Kier alpha value is -2.02. The van der Waals surface area contributed by atoms with Crippen LogP contribution in [0.4, 0.5) is 8.78 Å². The number of aryl methyl sites for hydroxylation is 2. The van der Waals surface area contributed by atoms with Crippen molar-refractivity contribution >= 4 is 0 Å². The highest BCUT2D eigenvalue weighted by molar-refractivity contribution is 5.43. The molecule has 0 fully saturated rings. The summed E-state index contributed by atoms with van der Waals surface area (Å²) in [6.07, 6.45) is 1.71. The first-order chi connectivity index (χ1) is 10.9.